The van der Waals surface area contributed by atoms with Gasteiger partial charge in [0, 0.05) is 11.1 Å². The fourth-order valence-corrected chi connectivity index (χ4v) is 3.74. The van der Waals surface area contributed by atoms with Crippen molar-refractivity contribution in [1.82, 2.24) is 4.98 Å². The number of rotatable bonds is 4. The molecule has 2 aromatic carbocycles. The second kappa shape index (κ2) is 6.84. The van der Waals surface area contributed by atoms with E-state index in [1.165, 1.54) is 18.4 Å². The lowest BCUT2D eigenvalue weighted by Crippen LogP contribution is -2.13. The Labute approximate surface area is 152 Å². The van der Waals surface area contributed by atoms with E-state index in [-0.39, 0.29) is 5.91 Å². The Morgan fingerprint density at radius 1 is 1.17 bits per heavy atom. The predicted molar refractivity (Wildman–Crippen MR) is 97.1 cm³/mol. The largest absolute Gasteiger partial charge is 0.497 e. The van der Waals surface area contributed by atoms with Crippen LogP contribution in [0.5, 0.6) is 11.5 Å². The Hall–Kier alpha value is -2.02. The summed E-state index contributed by atoms with van der Waals surface area (Å²) in [4.78, 5) is 16.8. The van der Waals surface area contributed by atoms with Crippen LogP contribution < -0.4 is 14.8 Å². The van der Waals surface area contributed by atoms with E-state index < -0.39 is 0 Å². The molecular formula is C16H12Cl2N2O3S. The third kappa shape index (κ3) is 3.26. The van der Waals surface area contributed by atoms with Crippen LogP contribution in [0.2, 0.25) is 10.0 Å². The van der Waals surface area contributed by atoms with Crippen molar-refractivity contribution in [2.75, 3.05) is 19.5 Å². The van der Waals surface area contributed by atoms with Crippen LogP contribution in [0.3, 0.4) is 0 Å². The maximum atomic E-state index is 12.5. The summed E-state index contributed by atoms with van der Waals surface area (Å²) >= 11 is 13.4. The number of nitrogens with one attached hydrogen (secondary N) is 1. The number of hydrogen-bond donors (Lipinski definition) is 1. The third-order valence-electron chi connectivity index (χ3n) is 3.29. The molecule has 5 nitrogen and oxygen atoms in total. The topological polar surface area (TPSA) is 60.5 Å². The van der Waals surface area contributed by atoms with Crippen LogP contribution in [0.1, 0.15) is 10.4 Å². The standard InChI is InChI=1S/C16H12Cl2N2O3S/c1-22-9-3-4-10(12(7-9)23-2)15(21)20-16-19-14-11(18)5-8(17)6-13(14)24-16/h3-7H,1-2H3,(H,19,20,21). The van der Waals surface area contributed by atoms with Gasteiger partial charge in [0.25, 0.3) is 5.91 Å². The normalized spacial score (nSPS) is 10.7. The van der Waals surface area contributed by atoms with Crippen molar-refractivity contribution >= 4 is 55.8 Å². The second-order valence-electron chi connectivity index (χ2n) is 4.77. The number of halogens is 2. The number of carbonyl (C=O) groups is 1. The van der Waals surface area contributed by atoms with Gasteiger partial charge in [-0.15, -0.1) is 0 Å². The molecule has 24 heavy (non-hydrogen) atoms. The molecule has 0 aliphatic carbocycles. The quantitative estimate of drug-likeness (QED) is 0.698. The van der Waals surface area contributed by atoms with E-state index in [2.05, 4.69) is 10.3 Å². The fraction of sp³-hybridized carbons (Fsp3) is 0.125. The van der Waals surface area contributed by atoms with Crippen LogP contribution >= 0.6 is 34.5 Å². The fourth-order valence-electron chi connectivity index (χ4n) is 2.16. The van der Waals surface area contributed by atoms with Crippen molar-refractivity contribution in [2.45, 2.75) is 0 Å². The Balaban J connectivity index is 1.91. The summed E-state index contributed by atoms with van der Waals surface area (Å²) in [6.45, 7) is 0. The molecule has 0 aliphatic heterocycles. The molecule has 1 N–H and O–H groups in total. The number of carbonyl (C=O) groups excluding carboxylic acids is 1. The number of benzene rings is 2. The van der Waals surface area contributed by atoms with Gasteiger partial charge < -0.3 is 9.47 Å². The molecule has 0 fully saturated rings. The number of aromatic nitrogens is 1. The zero-order chi connectivity index (χ0) is 17.3. The first-order valence-electron chi connectivity index (χ1n) is 6.81. The molecule has 1 heterocycles. The van der Waals surface area contributed by atoms with Crippen molar-refractivity contribution < 1.29 is 14.3 Å². The number of amides is 1. The maximum absolute atomic E-state index is 12.5. The molecule has 0 atom stereocenters. The Morgan fingerprint density at radius 2 is 1.96 bits per heavy atom. The summed E-state index contributed by atoms with van der Waals surface area (Å²) < 4.78 is 11.2. The molecule has 3 aromatic rings. The first-order valence-corrected chi connectivity index (χ1v) is 8.38. The Kier molecular flexibility index (Phi) is 4.80. The van der Waals surface area contributed by atoms with E-state index in [9.17, 15) is 4.79 Å². The number of anilines is 1. The SMILES string of the molecule is COc1ccc(C(=O)Nc2nc3c(Cl)cc(Cl)cc3s2)c(OC)c1. The number of nitrogens with zero attached hydrogens (tertiary/aromatic N) is 1. The highest BCUT2D eigenvalue weighted by Crippen LogP contribution is 2.34. The highest BCUT2D eigenvalue weighted by Gasteiger charge is 2.16. The van der Waals surface area contributed by atoms with Gasteiger partial charge in [-0.1, -0.05) is 34.5 Å². The predicted octanol–water partition coefficient (Wildman–Crippen LogP) is 4.87. The summed E-state index contributed by atoms with van der Waals surface area (Å²) in [7, 11) is 3.04. The van der Waals surface area contributed by atoms with E-state index >= 15 is 0 Å². The number of hydrogen-bond acceptors (Lipinski definition) is 5. The molecule has 1 amide bonds. The molecule has 124 valence electrons. The smallest absolute Gasteiger partial charge is 0.261 e. The first-order chi connectivity index (χ1) is 11.5. The number of fused-ring (bicyclic) bond motifs is 1. The van der Waals surface area contributed by atoms with Gasteiger partial charge in [0.15, 0.2) is 5.13 Å². The molecule has 0 unspecified atom stereocenters. The molecule has 0 bridgehead atoms. The summed E-state index contributed by atoms with van der Waals surface area (Å²) in [5, 5.41) is 4.14. The summed E-state index contributed by atoms with van der Waals surface area (Å²) in [5.74, 6) is 0.676. The Bertz CT molecular complexity index is 927. The zero-order valence-electron chi connectivity index (χ0n) is 12.7. The van der Waals surface area contributed by atoms with Crippen LogP contribution in [0.4, 0.5) is 5.13 Å². The van der Waals surface area contributed by atoms with E-state index in [0.717, 1.165) is 4.70 Å². The van der Waals surface area contributed by atoms with Gasteiger partial charge in [-0.3, -0.25) is 10.1 Å². The van der Waals surface area contributed by atoms with Gasteiger partial charge >= 0.3 is 0 Å². The van der Waals surface area contributed by atoms with Gasteiger partial charge in [-0.25, -0.2) is 4.98 Å². The van der Waals surface area contributed by atoms with Gasteiger partial charge in [0.1, 0.15) is 17.0 Å². The third-order valence-corrected chi connectivity index (χ3v) is 4.71. The summed E-state index contributed by atoms with van der Waals surface area (Å²) in [5.41, 5.74) is 0.977. The van der Waals surface area contributed by atoms with Crippen molar-refractivity contribution in [3.05, 3.63) is 45.9 Å². The molecule has 0 saturated heterocycles. The average molecular weight is 383 g/mol. The van der Waals surface area contributed by atoms with Crippen LogP contribution in [0, 0.1) is 0 Å². The monoisotopic (exact) mass is 382 g/mol. The summed E-state index contributed by atoms with van der Waals surface area (Å²) in [6, 6.07) is 8.33. The lowest BCUT2D eigenvalue weighted by Gasteiger charge is -2.09. The average Bonchev–Trinajstić information content (AvgIpc) is 2.96. The van der Waals surface area contributed by atoms with Crippen LogP contribution in [-0.4, -0.2) is 25.1 Å². The highest BCUT2D eigenvalue weighted by atomic mass is 35.5. The van der Waals surface area contributed by atoms with Gasteiger partial charge in [0.2, 0.25) is 0 Å². The van der Waals surface area contributed by atoms with Crippen molar-refractivity contribution in [2.24, 2.45) is 0 Å². The minimum Gasteiger partial charge on any atom is -0.497 e. The molecule has 0 spiro atoms. The van der Waals surface area contributed by atoms with Crippen molar-refractivity contribution in [1.29, 1.82) is 0 Å². The minimum atomic E-state index is -0.337. The molecule has 0 saturated carbocycles. The minimum absolute atomic E-state index is 0.337. The molecule has 1 aromatic heterocycles. The molecule has 8 heteroatoms. The lowest BCUT2D eigenvalue weighted by atomic mass is 10.2. The second-order valence-corrected chi connectivity index (χ2v) is 6.65. The Morgan fingerprint density at radius 3 is 2.67 bits per heavy atom. The number of ether oxygens (including phenoxy) is 2. The van der Waals surface area contributed by atoms with Gasteiger partial charge in [0.05, 0.1) is 29.5 Å². The number of methoxy groups -OCH3 is 2. The molecule has 3 rings (SSSR count). The van der Waals surface area contributed by atoms with Crippen LogP contribution in [-0.2, 0) is 0 Å². The van der Waals surface area contributed by atoms with Crippen molar-refractivity contribution in [3.63, 3.8) is 0 Å². The number of thiazole rings is 1. The van der Waals surface area contributed by atoms with E-state index in [1.807, 2.05) is 0 Å². The maximum Gasteiger partial charge on any atom is 0.261 e. The van der Waals surface area contributed by atoms with Crippen molar-refractivity contribution in [3.8, 4) is 11.5 Å². The summed E-state index contributed by atoms with van der Waals surface area (Å²) in [6.07, 6.45) is 0. The zero-order valence-corrected chi connectivity index (χ0v) is 15.1. The van der Waals surface area contributed by atoms with Gasteiger partial charge in [-0.05, 0) is 24.3 Å². The van der Waals surface area contributed by atoms with Crippen LogP contribution in [0.25, 0.3) is 10.2 Å². The van der Waals surface area contributed by atoms with Crippen LogP contribution in [0.15, 0.2) is 30.3 Å². The first kappa shape index (κ1) is 16.8. The lowest BCUT2D eigenvalue weighted by molar-refractivity contribution is 0.102. The van der Waals surface area contributed by atoms with E-state index in [4.69, 9.17) is 32.7 Å². The van der Waals surface area contributed by atoms with E-state index in [0.29, 0.717) is 37.8 Å². The van der Waals surface area contributed by atoms with Gasteiger partial charge in [-0.2, -0.15) is 0 Å². The molecule has 0 radical (unpaired) electrons. The van der Waals surface area contributed by atoms with E-state index in [1.54, 1.807) is 37.4 Å². The molecule has 0 aliphatic rings. The highest BCUT2D eigenvalue weighted by molar-refractivity contribution is 7.22. The molecular weight excluding hydrogens is 371 g/mol.